The van der Waals surface area contributed by atoms with Crippen LogP contribution in [0.25, 0.3) is 22.3 Å². The molecule has 1 aliphatic carbocycles. The summed E-state index contributed by atoms with van der Waals surface area (Å²) in [6, 6.07) is 10.4. The van der Waals surface area contributed by atoms with Crippen LogP contribution in [-0.2, 0) is 79.5 Å². The van der Waals surface area contributed by atoms with Gasteiger partial charge in [-0.05, 0) is 80.2 Å². The fourth-order valence-electron chi connectivity index (χ4n) is 11.0. The number of hydrogen-bond donors (Lipinski definition) is 5. The smallest absolute Gasteiger partial charge is 0.343 e. The lowest BCUT2D eigenvalue weighted by atomic mass is 9.80. The van der Waals surface area contributed by atoms with Crippen LogP contribution in [0.3, 0.4) is 0 Å². The minimum atomic E-state index is -2.04. The Kier molecular flexibility index (Phi) is 17.2. The fraction of sp³-hybridized carbons (Fsp3) is 0.500. The van der Waals surface area contributed by atoms with Crippen LogP contribution in [0.5, 0.6) is 0 Å². The Labute approximate surface area is 450 Å². The van der Waals surface area contributed by atoms with Gasteiger partial charge in [-0.25, -0.2) is 14.2 Å². The summed E-state index contributed by atoms with van der Waals surface area (Å²) in [5.74, 6) is -4.36. The van der Waals surface area contributed by atoms with Crippen LogP contribution in [0, 0.1) is 24.1 Å². The summed E-state index contributed by atoms with van der Waals surface area (Å²) in [7, 11) is 0. The average Bonchev–Trinajstić information content (AvgIpc) is 4.10. The highest BCUT2D eigenvalue weighted by atomic mass is 19.1. The molecule has 0 bridgehead atoms. The van der Waals surface area contributed by atoms with E-state index in [0.29, 0.717) is 77.6 Å². The third-order valence-corrected chi connectivity index (χ3v) is 15.8. The molecule has 4 aromatic rings. The molecule has 0 saturated carbocycles. The number of aryl methyl sites for hydroxylation is 1. The number of benzene rings is 2. The molecule has 3 aliphatic heterocycles. The topological polar surface area (TPSA) is 269 Å². The number of esters is 1. The minimum absolute atomic E-state index is 0.0373. The second kappa shape index (κ2) is 23.6. The maximum atomic E-state index is 15.5. The van der Waals surface area contributed by atoms with Gasteiger partial charge in [-0.1, -0.05) is 64.4 Å². The average molecular weight is 1070 g/mol. The van der Waals surface area contributed by atoms with Crippen molar-refractivity contribution in [3.8, 4) is 11.4 Å². The van der Waals surface area contributed by atoms with Crippen molar-refractivity contribution in [1.29, 1.82) is 0 Å². The van der Waals surface area contributed by atoms with Crippen LogP contribution in [0.4, 0.5) is 4.39 Å². The van der Waals surface area contributed by atoms with E-state index in [1.54, 1.807) is 65.0 Å². The van der Waals surface area contributed by atoms with Crippen molar-refractivity contribution < 1.29 is 57.4 Å². The Morgan fingerprint density at radius 3 is 2.36 bits per heavy atom. The number of amides is 6. The summed E-state index contributed by atoms with van der Waals surface area (Å²) in [5, 5.41) is 23.5. The Hall–Kier alpha value is -7.48. The number of pyridine rings is 2. The zero-order valence-corrected chi connectivity index (χ0v) is 44.9. The molecule has 20 heteroatoms. The molecule has 19 nitrogen and oxygen atoms in total. The zero-order chi connectivity index (χ0) is 56.2. The molecule has 78 heavy (non-hydrogen) atoms. The number of rotatable bonds is 24. The normalized spacial score (nSPS) is 18.7. The highest BCUT2D eigenvalue weighted by Crippen LogP contribution is 2.46. The molecule has 1 saturated heterocycles. The summed E-state index contributed by atoms with van der Waals surface area (Å²) < 4.78 is 22.2. The number of aromatic nitrogens is 2. The van der Waals surface area contributed by atoms with E-state index in [2.05, 4.69) is 21.3 Å². The number of ether oxygens (including phenoxy) is 1. The Bertz CT molecular complexity index is 3170. The SMILES string of the molecule is CC[C@@]1(O)C(=O)OCc2c1cc1n(c2=O)Cc2c-1nc1cc(F)c(C)c3c1c2[C@@H](NC(=O)C(C)(C)CCNC(=O)CCC(=O)[C@H](Cc1ccccc1)NC(=O)CCC(=O)CNC(=O)CCCCCN1C(=O)CC(C)C1=O)CC3. The summed E-state index contributed by atoms with van der Waals surface area (Å²) >= 11 is 0. The number of imide groups is 1. The largest absolute Gasteiger partial charge is 0.458 e. The van der Waals surface area contributed by atoms with Crippen LogP contribution in [0.2, 0.25) is 0 Å². The summed E-state index contributed by atoms with van der Waals surface area (Å²) in [5.41, 5.74) is 1.24. The molecule has 0 radical (unpaired) electrons. The lowest BCUT2D eigenvalue weighted by molar-refractivity contribution is -0.172. The van der Waals surface area contributed by atoms with E-state index in [1.165, 1.54) is 15.5 Å². The Balaban J connectivity index is 0.827. The van der Waals surface area contributed by atoms with Gasteiger partial charge in [-0.15, -0.1) is 0 Å². The zero-order valence-electron chi connectivity index (χ0n) is 44.9. The molecular weight excluding hydrogens is 1010 g/mol. The second-order valence-electron chi connectivity index (χ2n) is 21.8. The van der Waals surface area contributed by atoms with Crippen molar-refractivity contribution in [1.82, 2.24) is 35.7 Å². The van der Waals surface area contributed by atoms with Crippen molar-refractivity contribution in [2.45, 2.75) is 155 Å². The number of nitrogens with one attached hydrogen (secondary N) is 4. The van der Waals surface area contributed by atoms with Gasteiger partial charge in [0.05, 0.1) is 47.6 Å². The molecule has 8 rings (SSSR count). The quantitative estimate of drug-likeness (QED) is 0.0320. The standard InChI is InChI=1S/C58H68FN7O12/c1-6-58(77)39-27-44-52-37(30-66(44)54(74)38(39)31-78-56(58)76)51-41(18-17-36-33(3)40(59)28-43(63-52)50(36)51)64-55(75)57(4,5)22-23-60-47(70)21-19-45(68)42(26-34-13-9-7-10-14-34)62-48(71)20-16-35(67)29-61-46(69)15-11-8-12-24-65-49(72)25-32(2)53(65)73/h7,9-10,13-14,27-28,32,41-42,77H,6,8,11-12,15-26,29-31H2,1-5H3,(H,60,70)(H,61,69)(H,62,71)(H,64,75)/t32?,41-,42-,58-/m0/s1. The molecule has 6 amide bonds. The maximum absolute atomic E-state index is 15.5. The molecule has 1 fully saturated rings. The minimum Gasteiger partial charge on any atom is -0.458 e. The second-order valence-corrected chi connectivity index (χ2v) is 21.8. The van der Waals surface area contributed by atoms with Gasteiger partial charge in [0.1, 0.15) is 12.4 Å². The number of fused-ring (bicyclic) bond motifs is 5. The van der Waals surface area contributed by atoms with Crippen molar-refractivity contribution in [3.63, 3.8) is 0 Å². The summed E-state index contributed by atoms with van der Waals surface area (Å²) in [4.78, 5) is 136. The van der Waals surface area contributed by atoms with Crippen LogP contribution in [-0.4, -0.2) is 98.2 Å². The number of carbonyl (C=O) groups excluding carboxylic acids is 9. The lowest BCUT2D eigenvalue weighted by Crippen LogP contribution is -2.44. The molecule has 5 N–H and O–H groups in total. The number of nitrogens with zero attached hydrogens (tertiary/aromatic N) is 3. The third-order valence-electron chi connectivity index (χ3n) is 15.8. The van der Waals surface area contributed by atoms with E-state index < -0.39 is 58.0 Å². The molecule has 2 aromatic heterocycles. The highest BCUT2D eigenvalue weighted by Gasteiger charge is 2.46. The first-order valence-corrected chi connectivity index (χ1v) is 27.0. The van der Waals surface area contributed by atoms with Gasteiger partial charge in [0.2, 0.25) is 35.4 Å². The molecule has 2 aromatic carbocycles. The van der Waals surface area contributed by atoms with E-state index >= 15 is 4.39 Å². The summed E-state index contributed by atoms with van der Waals surface area (Å²) in [6.07, 6.45) is 2.45. The molecule has 5 heterocycles. The number of hydrogen-bond acceptors (Lipinski definition) is 13. The van der Waals surface area contributed by atoms with Crippen molar-refractivity contribution in [2.75, 3.05) is 19.6 Å². The maximum Gasteiger partial charge on any atom is 0.343 e. The van der Waals surface area contributed by atoms with Gasteiger partial charge >= 0.3 is 5.97 Å². The van der Waals surface area contributed by atoms with Gasteiger partial charge in [0.25, 0.3) is 5.56 Å². The number of carbonyl (C=O) groups is 9. The molecule has 4 atom stereocenters. The van der Waals surface area contributed by atoms with E-state index in [4.69, 9.17) is 9.72 Å². The molecule has 414 valence electrons. The van der Waals surface area contributed by atoms with Crippen molar-refractivity contribution in [3.05, 3.63) is 97.6 Å². The van der Waals surface area contributed by atoms with Gasteiger partial charge in [0.15, 0.2) is 17.2 Å². The van der Waals surface area contributed by atoms with Crippen LogP contribution in [0.15, 0.2) is 47.3 Å². The number of ketones is 2. The van der Waals surface area contributed by atoms with Gasteiger partial charge in [0, 0.05) is 85.5 Å². The Morgan fingerprint density at radius 2 is 1.64 bits per heavy atom. The number of likely N-dealkylation sites (tertiary alicyclic amines) is 1. The number of cyclic esters (lactones) is 1. The van der Waals surface area contributed by atoms with E-state index in [1.807, 2.05) is 6.07 Å². The first-order chi connectivity index (χ1) is 37.1. The number of unbranched alkanes of at least 4 members (excludes halogenated alkanes) is 2. The van der Waals surface area contributed by atoms with Crippen LogP contribution < -0.4 is 26.8 Å². The van der Waals surface area contributed by atoms with E-state index in [9.17, 15) is 53.1 Å². The number of Topliss-reactive ketones (excluding diaryl/α,β-unsaturated/α-hetero) is 2. The van der Waals surface area contributed by atoms with E-state index in [-0.39, 0.29) is 130 Å². The van der Waals surface area contributed by atoms with Crippen molar-refractivity contribution >= 4 is 63.9 Å². The molecule has 4 aliphatic rings. The number of halogens is 1. The Morgan fingerprint density at radius 1 is 0.910 bits per heavy atom. The van der Waals surface area contributed by atoms with Crippen molar-refractivity contribution in [2.24, 2.45) is 11.3 Å². The predicted octanol–water partition coefficient (Wildman–Crippen LogP) is 4.66. The van der Waals surface area contributed by atoms with Gasteiger partial charge in [-0.2, -0.15) is 0 Å². The molecular formula is C58H68FN7O12. The molecule has 0 spiro atoms. The molecule has 1 unspecified atom stereocenters. The van der Waals surface area contributed by atoms with E-state index in [0.717, 1.165) is 11.1 Å². The monoisotopic (exact) mass is 1070 g/mol. The number of aliphatic hydroxyl groups is 1. The summed E-state index contributed by atoms with van der Waals surface area (Å²) in [6.45, 7) is 8.45. The van der Waals surface area contributed by atoms with Crippen LogP contribution in [0.1, 0.15) is 150 Å². The van der Waals surface area contributed by atoms with Crippen LogP contribution >= 0.6 is 0 Å². The van der Waals surface area contributed by atoms with Gasteiger partial charge < -0.3 is 35.7 Å². The first kappa shape index (κ1) is 56.7. The third kappa shape index (κ3) is 12.0. The first-order valence-electron chi connectivity index (χ1n) is 27.0. The lowest BCUT2D eigenvalue weighted by Gasteiger charge is -2.33. The van der Waals surface area contributed by atoms with Gasteiger partial charge in [-0.3, -0.25) is 48.1 Å². The fourth-order valence-corrected chi connectivity index (χ4v) is 11.0. The predicted molar refractivity (Wildman–Crippen MR) is 282 cm³/mol. The highest BCUT2D eigenvalue weighted by molar-refractivity contribution is 6.03.